The maximum atomic E-state index is 12.7. The van der Waals surface area contributed by atoms with Crippen LogP contribution in [-0.2, 0) is 4.79 Å². The highest BCUT2D eigenvalue weighted by Crippen LogP contribution is 2.41. The van der Waals surface area contributed by atoms with Gasteiger partial charge in [0.1, 0.15) is 6.04 Å². The first-order valence-corrected chi connectivity index (χ1v) is 9.35. The van der Waals surface area contributed by atoms with E-state index >= 15 is 0 Å². The van der Waals surface area contributed by atoms with Crippen LogP contribution in [0.15, 0.2) is 40.7 Å². The molecule has 4 rings (SSSR count). The van der Waals surface area contributed by atoms with Gasteiger partial charge in [-0.2, -0.15) is 4.98 Å². The Morgan fingerprint density at radius 1 is 1.33 bits per heavy atom. The van der Waals surface area contributed by atoms with E-state index in [-0.39, 0.29) is 11.8 Å². The Hall–Kier alpha value is -2.08. The van der Waals surface area contributed by atoms with Crippen LogP contribution < -0.4 is 5.32 Å². The van der Waals surface area contributed by atoms with E-state index < -0.39 is 0 Å². The zero-order valence-electron chi connectivity index (χ0n) is 13.9. The number of aryl methyl sites for hydroxylation is 1. The summed E-state index contributed by atoms with van der Waals surface area (Å²) in [6.07, 6.45) is 2.41. The van der Waals surface area contributed by atoms with Crippen molar-refractivity contribution in [1.82, 2.24) is 14.8 Å². The first kappa shape index (κ1) is 15.4. The smallest absolute Gasteiger partial charge is 0.227 e. The third-order valence-corrected chi connectivity index (χ3v) is 5.32. The number of nitrogens with one attached hydrogen (secondary N) is 1. The lowest BCUT2D eigenvalue weighted by atomic mass is 9.84. The number of aromatic nitrogens is 3. The number of carbonyl (C=O) groups excluding carboxylic acids is 1. The van der Waals surface area contributed by atoms with Crippen LogP contribution in [0.4, 0.5) is 5.95 Å². The number of nitrogens with zero attached hydrogens (tertiary/aromatic N) is 3. The van der Waals surface area contributed by atoms with Crippen LogP contribution in [-0.4, -0.2) is 26.3 Å². The zero-order valence-corrected chi connectivity index (χ0v) is 14.7. The molecule has 124 valence electrons. The molecule has 0 radical (unpaired) electrons. The van der Waals surface area contributed by atoms with Gasteiger partial charge in [-0.1, -0.05) is 43.0 Å². The maximum absolute atomic E-state index is 12.7. The number of benzene rings is 1. The summed E-state index contributed by atoms with van der Waals surface area (Å²) in [6, 6.07) is 8.05. The van der Waals surface area contributed by atoms with Crippen LogP contribution in [0.2, 0.25) is 0 Å². The number of rotatable bonds is 3. The van der Waals surface area contributed by atoms with Crippen LogP contribution in [0.3, 0.4) is 0 Å². The number of anilines is 1. The Balaban J connectivity index is 1.91. The molecule has 6 heteroatoms. The Morgan fingerprint density at radius 3 is 2.96 bits per heavy atom. The lowest BCUT2D eigenvalue weighted by molar-refractivity contribution is -0.116. The van der Waals surface area contributed by atoms with E-state index in [0.29, 0.717) is 6.42 Å². The van der Waals surface area contributed by atoms with Crippen LogP contribution in [0.5, 0.6) is 0 Å². The molecule has 1 N–H and O–H groups in total. The van der Waals surface area contributed by atoms with Gasteiger partial charge < -0.3 is 5.32 Å². The molecule has 0 saturated carbocycles. The summed E-state index contributed by atoms with van der Waals surface area (Å²) in [5.74, 6) is 1.89. The molecular formula is C18H20N4OS. The van der Waals surface area contributed by atoms with Crippen LogP contribution in [0, 0.1) is 6.92 Å². The van der Waals surface area contributed by atoms with Gasteiger partial charge in [0, 0.05) is 17.7 Å². The summed E-state index contributed by atoms with van der Waals surface area (Å²) >= 11 is 1.62. The van der Waals surface area contributed by atoms with Gasteiger partial charge >= 0.3 is 0 Å². The predicted octanol–water partition coefficient (Wildman–Crippen LogP) is 3.72. The summed E-state index contributed by atoms with van der Waals surface area (Å²) in [6.45, 7) is 4.17. The monoisotopic (exact) mass is 340 g/mol. The second kappa shape index (κ2) is 6.09. The molecule has 1 atom stereocenters. The average molecular weight is 340 g/mol. The molecule has 1 aromatic carbocycles. The first-order valence-electron chi connectivity index (χ1n) is 8.37. The molecule has 0 amide bonds. The number of allylic oxidation sites excluding steroid dienone is 2. The number of ketones is 1. The van der Waals surface area contributed by atoms with Crippen LogP contribution in [0.25, 0.3) is 0 Å². The van der Waals surface area contributed by atoms with Gasteiger partial charge in [0.2, 0.25) is 11.1 Å². The molecule has 2 heterocycles. The second-order valence-electron chi connectivity index (χ2n) is 6.15. The quantitative estimate of drug-likeness (QED) is 0.863. The third kappa shape index (κ3) is 2.45. The zero-order chi connectivity index (χ0) is 16.7. The number of thioether (sulfide) groups is 1. The van der Waals surface area contributed by atoms with Gasteiger partial charge in [0.25, 0.3) is 0 Å². The number of carbonyl (C=O) groups is 1. The molecular weight excluding hydrogens is 320 g/mol. The summed E-state index contributed by atoms with van der Waals surface area (Å²) in [5, 5.41) is 8.80. The van der Waals surface area contributed by atoms with Gasteiger partial charge in [0.05, 0.1) is 0 Å². The fraction of sp³-hybridized carbons (Fsp3) is 0.389. The first-order chi connectivity index (χ1) is 11.7. The SMILES string of the molecule is CCSc1nc2n(n1)C(c1ccccc1C)C1=C(CCCC1=O)N2. The molecule has 1 aliphatic carbocycles. The number of hydrogen-bond acceptors (Lipinski definition) is 5. The largest absolute Gasteiger partial charge is 0.328 e. The topological polar surface area (TPSA) is 59.8 Å². The minimum absolute atomic E-state index is 0.177. The van der Waals surface area contributed by atoms with Crippen molar-refractivity contribution in [3.05, 3.63) is 46.7 Å². The van der Waals surface area contributed by atoms with Crippen molar-refractivity contribution in [2.45, 2.75) is 44.3 Å². The lowest BCUT2D eigenvalue weighted by Gasteiger charge is -2.32. The van der Waals surface area contributed by atoms with E-state index in [4.69, 9.17) is 0 Å². The highest BCUT2D eigenvalue weighted by molar-refractivity contribution is 7.99. The molecule has 5 nitrogen and oxygen atoms in total. The number of Topliss-reactive ketones (excluding diaryl/α,β-unsaturated/α-hetero) is 1. The Labute approximate surface area is 145 Å². The fourth-order valence-electron chi connectivity index (χ4n) is 3.51. The van der Waals surface area contributed by atoms with Gasteiger partial charge in [-0.15, -0.1) is 5.10 Å². The van der Waals surface area contributed by atoms with Crippen LogP contribution in [0.1, 0.15) is 43.4 Å². The van der Waals surface area contributed by atoms with Crippen molar-refractivity contribution >= 4 is 23.5 Å². The highest BCUT2D eigenvalue weighted by Gasteiger charge is 2.37. The normalized spacial score (nSPS) is 19.8. The van der Waals surface area contributed by atoms with Crippen molar-refractivity contribution in [2.75, 3.05) is 11.1 Å². The summed E-state index contributed by atoms with van der Waals surface area (Å²) in [4.78, 5) is 17.3. The molecule has 2 aliphatic rings. The van der Waals surface area contributed by atoms with E-state index in [1.807, 2.05) is 16.8 Å². The predicted molar refractivity (Wildman–Crippen MR) is 95.2 cm³/mol. The van der Waals surface area contributed by atoms with Gasteiger partial charge in [0.15, 0.2) is 5.78 Å². The molecule has 0 spiro atoms. The highest BCUT2D eigenvalue weighted by atomic mass is 32.2. The Kier molecular flexibility index (Phi) is 3.92. The standard InChI is InChI=1S/C18H20N4OS/c1-3-24-18-20-17-19-13-9-6-10-14(23)15(13)16(22(17)21-18)12-8-5-4-7-11(12)2/h4-5,7-8,16H,3,6,9-10H2,1-2H3,(H,19,20,21). The van der Waals surface area contributed by atoms with Gasteiger partial charge in [-0.25, -0.2) is 4.68 Å². The van der Waals surface area contributed by atoms with E-state index in [0.717, 1.165) is 46.5 Å². The minimum atomic E-state index is -0.177. The van der Waals surface area contributed by atoms with Crippen molar-refractivity contribution < 1.29 is 4.79 Å². The fourth-order valence-corrected chi connectivity index (χ4v) is 4.06. The van der Waals surface area contributed by atoms with Gasteiger partial charge in [-0.05, 0) is 36.6 Å². The molecule has 0 bridgehead atoms. The van der Waals surface area contributed by atoms with Crippen molar-refractivity contribution in [3.8, 4) is 0 Å². The minimum Gasteiger partial charge on any atom is -0.328 e. The molecule has 1 aliphatic heterocycles. The van der Waals surface area contributed by atoms with Crippen LogP contribution >= 0.6 is 11.8 Å². The Morgan fingerprint density at radius 2 is 2.17 bits per heavy atom. The molecule has 0 saturated heterocycles. The molecule has 0 fully saturated rings. The molecule has 1 unspecified atom stereocenters. The molecule has 1 aromatic heterocycles. The van der Waals surface area contributed by atoms with E-state index in [9.17, 15) is 4.79 Å². The summed E-state index contributed by atoms with van der Waals surface area (Å²) < 4.78 is 1.89. The van der Waals surface area contributed by atoms with E-state index in [2.05, 4.69) is 41.4 Å². The number of fused-ring (bicyclic) bond motifs is 1. The van der Waals surface area contributed by atoms with E-state index in [1.54, 1.807) is 11.8 Å². The molecule has 24 heavy (non-hydrogen) atoms. The second-order valence-corrected chi connectivity index (χ2v) is 7.38. The lowest BCUT2D eigenvalue weighted by Crippen LogP contribution is -2.31. The summed E-state index contributed by atoms with van der Waals surface area (Å²) in [7, 11) is 0. The van der Waals surface area contributed by atoms with E-state index in [1.165, 1.54) is 5.56 Å². The summed E-state index contributed by atoms with van der Waals surface area (Å²) in [5.41, 5.74) is 4.18. The number of hydrogen-bond donors (Lipinski definition) is 1. The average Bonchev–Trinajstić information content (AvgIpc) is 2.96. The maximum Gasteiger partial charge on any atom is 0.227 e. The van der Waals surface area contributed by atoms with Crippen molar-refractivity contribution in [1.29, 1.82) is 0 Å². The molecule has 2 aromatic rings. The Bertz CT molecular complexity index is 839. The van der Waals surface area contributed by atoms with Crippen molar-refractivity contribution in [2.24, 2.45) is 0 Å². The third-order valence-electron chi connectivity index (χ3n) is 4.61. The van der Waals surface area contributed by atoms with Gasteiger partial charge in [-0.3, -0.25) is 4.79 Å². The van der Waals surface area contributed by atoms with Crippen molar-refractivity contribution in [3.63, 3.8) is 0 Å².